The van der Waals surface area contributed by atoms with Crippen LogP contribution in [0, 0.1) is 51.8 Å². The standard InChI is InChI=1S/C20H36/c1-9-20-11-14(4)18(7)13(3)10-12(2)17(20)15(5)19(18,8)16(20)6/h12-17H,9-11H2,1-8H3. The Morgan fingerprint density at radius 1 is 0.900 bits per heavy atom. The van der Waals surface area contributed by atoms with Gasteiger partial charge in [-0.1, -0.05) is 55.4 Å². The molecule has 9 atom stereocenters. The molecule has 3 rings (SSSR count). The molecule has 0 aliphatic heterocycles. The largest absolute Gasteiger partial charge is 0.0648 e. The van der Waals surface area contributed by atoms with Gasteiger partial charge in [-0.25, -0.2) is 0 Å². The van der Waals surface area contributed by atoms with Crippen molar-refractivity contribution >= 4 is 0 Å². The van der Waals surface area contributed by atoms with Gasteiger partial charge in [-0.15, -0.1) is 0 Å². The van der Waals surface area contributed by atoms with Crippen molar-refractivity contribution in [3.63, 3.8) is 0 Å². The molecule has 3 saturated carbocycles. The van der Waals surface area contributed by atoms with E-state index in [4.69, 9.17) is 0 Å². The van der Waals surface area contributed by atoms with Crippen LogP contribution in [0.3, 0.4) is 0 Å². The highest BCUT2D eigenvalue weighted by molar-refractivity contribution is 5.22. The summed E-state index contributed by atoms with van der Waals surface area (Å²) in [5, 5.41) is 0. The number of hydrogen-bond donors (Lipinski definition) is 0. The lowest BCUT2D eigenvalue weighted by molar-refractivity contribution is -0.153. The zero-order valence-corrected chi connectivity index (χ0v) is 15.1. The van der Waals surface area contributed by atoms with Crippen LogP contribution < -0.4 is 0 Å². The highest BCUT2D eigenvalue weighted by Crippen LogP contribution is 2.80. The van der Waals surface area contributed by atoms with Crippen molar-refractivity contribution in [1.29, 1.82) is 0 Å². The van der Waals surface area contributed by atoms with Gasteiger partial charge in [0.1, 0.15) is 0 Å². The normalized spacial score (nSPS) is 65.4. The summed E-state index contributed by atoms with van der Waals surface area (Å²) in [7, 11) is 0. The van der Waals surface area contributed by atoms with Crippen molar-refractivity contribution in [2.45, 2.75) is 74.7 Å². The summed E-state index contributed by atoms with van der Waals surface area (Å²) in [5.74, 6) is 5.43. The Labute approximate surface area is 127 Å². The highest BCUT2D eigenvalue weighted by Gasteiger charge is 2.74. The third kappa shape index (κ3) is 1.23. The Hall–Kier alpha value is 0. The molecule has 3 fully saturated rings. The van der Waals surface area contributed by atoms with Crippen LogP contribution in [0.1, 0.15) is 74.7 Å². The summed E-state index contributed by atoms with van der Waals surface area (Å²) in [6.07, 6.45) is 4.35. The summed E-state index contributed by atoms with van der Waals surface area (Å²) in [6.45, 7) is 20.8. The van der Waals surface area contributed by atoms with Gasteiger partial charge in [-0.2, -0.15) is 0 Å². The van der Waals surface area contributed by atoms with E-state index < -0.39 is 0 Å². The molecule has 0 aromatic heterocycles. The lowest BCUT2D eigenvalue weighted by Gasteiger charge is -2.63. The molecular weight excluding hydrogens is 240 g/mol. The zero-order valence-electron chi connectivity index (χ0n) is 15.1. The quantitative estimate of drug-likeness (QED) is 0.550. The Morgan fingerprint density at radius 2 is 1.50 bits per heavy atom. The van der Waals surface area contributed by atoms with E-state index in [1.807, 2.05) is 0 Å². The van der Waals surface area contributed by atoms with Gasteiger partial charge in [0.15, 0.2) is 0 Å². The Bertz CT molecular complexity index is 412. The number of hydrogen-bond acceptors (Lipinski definition) is 0. The van der Waals surface area contributed by atoms with Gasteiger partial charge in [0, 0.05) is 0 Å². The van der Waals surface area contributed by atoms with E-state index in [1.54, 1.807) is 0 Å². The van der Waals surface area contributed by atoms with E-state index >= 15 is 0 Å². The summed E-state index contributed by atoms with van der Waals surface area (Å²) >= 11 is 0. The first-order valence-electron chi connectivity index (χ1n) is 9.17. The number of fused-ring (bicyclic) bond motifs is 3. The van der Waals surface area contributed by atoms with Crippen LogP contribution >= 0.6 is 0 Å². The molecular formula is C20H36. The van der Waals surface area contributed by atoms with Crippen LogP contribution in [0.15, 0.2) is 0 Å². The van der Waals surface area contributed by atoms with Crippen molar-refractivity contribution < 1.29 is 0 Å². The molecule has 0 aromatic rings. The smallest absolute Gasteiger partial charge is 0.0207 e. The van der Waals surface area contributed by atoms with Crippen LogP contribution in [0.4, 0.5) is 0 Å². The van der Waals surface area contributed by atoms with E-state index in [-0.39, 0.29) is 0 Å². The fourth-order valence-electron chi connectivity index (χ4n) is 8.45. The van der Waals surface area contributed by atoms with Gasteiger partial charge in [0.2, 0.25) is 0 Å². The van der Waals surface area contributed by atoms with E-state index in [0.717, 1.165) is 35.5 Å². The maximum atomic E-state index is 2.68. The Kier molecular flexibility index (Phi) is 3.02. The van der Waals surface area contributed by atoms with Crippen LogP contribution in [0.5, 0.6) is 0 Å². The molecule has 0 amide bonds. The highest BCUT2D eigenvalue weighted by atomic mass is 14.8. The molecule has 0 saturated heterocycles. The fraction of sp³-hybridized carbons (Fsp3) is 1.00. The second-order valence-corrected chi connectivity index (χ2v) is 9.41. The topological polar surface area (TPSA) is 0 Å². The average molecular weight is 277 g/mol. The van der Waals surface area contributed by atoms with Crippen LogP contribution in [0.2, 0.25) is 0 Å². The van der Waals surface area contributed by atoms with E-state index in [2.05, 4.69) is 55.4 Å². The van der Waals surface area contributed by atoms with Gasteiger partial charge >= 0.3 is 0 Å². The average Bonchev–Trinajstić information content (AvgIpc) is 2.49. The van der Waals surface area contributed by atoms with Crippen molar-refractivity contribution in [2.24, 2.45) is 51.8 Å². The van der Waals surface area contributed by atoms with Crippen LogP contribution in [0.25, 0.3) is 0 Å². The number of rotatable bonds is 1. The predicted molar refractivity (Wildman–Crippen MR) is 87.5 cm³/mol. The molecule has 0 heterocycles. The van der Waals surface area contributed by atoms with E-state index in [0.29, 0.717) is 16.2 Å². The molecule has 3 aliphatic carbocycles. The Morgan fingerprint density at radius 3 is 2.05 bits per heavy atom. The lowest BCUT2D eigenvalue weighted by Crippen LogP contribution is -2.57. The second kappa shape index (κ2) is 4.05. The maximum Gasteiger partial charge on any atom is -0.0207 e. The molecule has 0 heteroatoms. The molecule has 9 unspecified atom stereocenters. The summed E-state index contributed by atoms with van der Waals surface area (Å²) in [5.41, 5.74) is 1.70. The van der Waals surface area contributed by atoms with Gasteiger partial charge < -0.3 is 0 Å². The van der Waals surface area contributed by atoms with Crippen LogP contribution in [-0.2, 0) is 0 Å². The second-order valence-electron chi connectivity index (χ2n) is 9.41. The predicted octanol–water partition coefficient (Wildman–Crippen LogP) is 6.01. The molecule has 0 spiro atoms. The van der Waals surface area contributed by atoms with Crippen LogP contribution in [-0.4, -0.2) is 0 Å². The molecule has 0 N–H and O–H groups in total. The minimum atomic E-state index is 0.532. The first-order valence-corrected chi connectivity index (χ1v) is 9.17. The van der Waals surface area contributed by atoms with Gasteiger partial charge in [0.05, 0.1) is 0 Å². The third-order valence-electron chi connectivity index (χ3n) is 9.80. The van der Waals surface area contributed by atoms with E-state index in [9.17, 15) is 0 Å². The molecule has 0 nitrogen and oxygen atoms in total. The van der Waals surface area contributed by atoms with Crippen molar-refractivity contribution in [3.8, 4) is 0 Å². The first kappa shape index (κ1) is 14.9. The molecule has 3 bridgehead atoms. The maximum absolute atomic E-state index is 2.68. The fourth-order valence-corrected chi connectivity index (χ4v) is 8.45. The summed E-state index contributed by atoms with van der Waals surface area (Å²) < 4.78 is 0. The lowest BCUT2D eigenvalue weighted by atomic mass is 9.41. The van der Waals surface area contributed by atoms with Gasteiger partial charge in [-0.3, -0.25) is 0 Å². The van der Waals surface area contributed by atoms with Crippen molar-refractivity contribution in [1.82, 2.24) is 0 Å². The third-order valence-corrected chi connectivity index (χ3v) is 9.80. The Balaban J connectivity index is 2.28. The molecule has 0 aromatic carbocycles. The summed E-state index contributed by atoms with van der Waals surface area (Å²) in [4.78, 5) is 0. The van der Waals surface area contributed by atoms with Gasteiger partial charge in [0.25, 0.3) is 0 Å². The first-order chi connectivity index (χ1) is 9.17. The minimum absolute atomic E-state index is 0.532. The monoisotopic (exact) mass is 276 g/mol. The van der Waals surface area contributed by atoms with Gasteiger partial charge in [-0.05, 0) is 71.0 Å². The molecule has 3 aliphatic rings. The summed E-state index contributed by atoms with van der Waals surface area (Å²) in [6, 6.07) is 0. The molecule has 0 radical (unpaired) electrons. The van der Waals surface area contributed by atoms with Crippen molar-refractivity contribution in [3.05, 3.63) is 0 Å². The zero-order chi connectivity index (χ0) is 15.1. The SMILES string of the molecule is CCC12CC(C)C3(C)C(C)CC(C)C1C(C)C3(C)C2C. The van der Waals surface area contributed by atoms with Crippen molar-refractivity contribution in [2.75, 3.05) is 0 Å². The molecule has 20 heavy (non-hydrogen) atoms. The molecule has 116 valence electrons. The van der Waals surface area contributed by atoms with E-state index in [1.165, 1.54) is 19.3 Å². The minimum Gasteiger partial charge on any atom is -0.0648 e.